The van der Waals surface area contributed by atoms with E-state index in [1.807, 2.05) is 32.2 Å². The number of benzene rings is 1. The predicted octanol–water partition coefficient (Wildman–Crippen LogP) is 3.25. The van der Waals surface area contributed by atoms with Gasteiger partial charge in [0.25, 0.3) is 0 Å². The topological polar surface area (TPSA) is 60.2 Å². The highest BCUT2D eigenvalue weighted by Crippen LogP contribution is 2.29. The lowest BCUT2D eigenvalue weighted by molar-refractivity contribution is 0.280. The zero-order valence-electron chi connectivity index (χ0n) is 11.8. The van der Waals surface area contributed by atoms with Gasteiger partial charge < -0.3 is 14.6 Å². The van der Waals surface area contributed by atoms with Crippen LogP contribution in [0.2, 0.25) is 0 Å². The highest BCUT2D eigenvalue weighted by Gasteiger charge is 2.12. The smallest absolute Gasteiger partial charge is 0.226 e. The van der Waals surface area contributed by atoms with Crippen LogP contribution in [0.25, 0.3) is 0 Å². The van der Waals surface area contributed by atoms with Crippen LogP contribution in [0.5, 0.6) is 5.75 Å². The molecule has 108 valence electrons. The Morgan fingerprint density at radius 1 is 1.45 bits per heavy atom. The van der Waals surface area contributed by atoms with Crippen LogP contribution in [-0.2, 0) is 13.0 Å². The molecular weight excluding hydrogens is 322 g/mol. The van der Waals surface area contributed by atoms with Gasteiger partial charge in [-0.05, 0) is 26.1 Å². The Labute approximate surface area is 126 Å². The highest BCUT2D eigenvalue weighted by atomic mass is 79.9. The van der Waals surface area contributed by atoms with Crippen LogP contribution in [0.1, 0.15) is 37.2 Å². The van der Waals surface area contributed by atoms with Gasteiger partial charge in [-0.15, -0.1) is 0 Å². The fraction of sp³-hybridized carbons (Fsp3) is 0.429. The molecule has 1 aromatic carbocycles. The first kappa shape index (κ1) is 15.0. The summed E-state index contributed by atoms with van der Waals surface area (Å²) in [5.74, 6) is 2.00. The van der Waals surface area contributed by atoms with Crippen molar-refractivity contribution in [2.75, 3.05) is 7.05 Å². The average molecular weight is 340 g/mol. The zero-order chi connectivity index (χ0) is 14.5. The third-order valence-corrected chi connectivity index (χ3v) is 3.54. The summed E-state index contributed by atoms with van der Waals surface area (Å²) in [7, 11) is 1.92. The quantitative estimate of drug-likeness (QED) is 0.875. The molecule has 1 N–H and O–H groups in total. The third kappa shape index (κ3) is 3.58. The van der Waals surface area contributed by atoms with Crippen molar-refractivity contribution in [3.05, 3.63) is 40.0 Å². The lowest BCUT2D eigenvalue weighted by Gasteiger charge is -2.16. The molecule has 0 fully saturated rings. The van der Waals surface area contributed by atoms with Crippen LogP contribution in [-0.4, -0.2) is 17.2 Å². The van der Waals surface area contributed by atoms with Gasteiger partial charge in [0, 0.05) is 22.5 Å². The minimum Gasteiger partial charge on any atom is -0.485 e. The summed E-state index contributed by atoms with van der Waals surface area (Å²) < 4.78 is 11.9. The number of nitrogens with zero attached hydrogens (tertiary/aromatic N) is 2. The van der Waals surface area contributed by atoms with E-state index in [0.29, 0.717) is 18.3 Å². The van der Waals surface area contributed by atoms with Gasteiger partial charge in [0.15, 0.2) is 6.61 Å². The van der Waals surface area contributed by atoms with E-state index in [-0.39, 0.29) is 6.04 Å². The van der Waals surface area contributed by atoms with Crippen molar-refractivity contribution < 1.29 is 9.26 Å². The number of ether oxygens (including phenoxy) is 1. The Morgan fingerprint density at radius 2 is 2.25 bits per heavy atom. The van der Waals surface area contributed by atoms with Crippen LogP contribution in [0, 0.1) is 0 Å². The van der Waals surface area contributed by atoms with Crippen molar-refractivity contribution in [2.45, 2.75) is 32.9 Å². The first-order valence-corrected chi connectivity index (χ1v) is 7.34. The summed E-state index contributed by atoms with van der Waals surface area (Å²) in [6, 6.07) is 6.19. The molecule has 0 aliphatic carbocycles. The molecule has 0 amide bonds. The molecule has 6 heteroatoms. The monoisotopic (exact) mass is 339 g/mol. The van der Waals surface area contributed by atoms with Gasteiger partial charge in [0.2, 0.25) is 11.7 Å². The fourth-order valence-electron chi connectivity index (χ4n) is 1.78. The van der Waals surface area contributed by atoms with Crippen molar-refractivity contribution in [3.8, 4) is 5.75 Å². The molecule has 2 rings (SSSR count). The number of rotatable bonds is 6. The molecule has 0 bridgehead atoms. The molecule has 0 aliphatic heterocycles. The van der Waals surface area contributed by atoms with Gasteiger partial charge in [-0.2, -0.15) is 4.98 Å². The van der Waals surface area contributed by atoms with Crippen LogP contribution in [0.3, 0.4) is 0 Å². The summed E-state index contributed by atoms with van der Waals surface area (Å²) in [5.41, 5.74) is 1.09. The Hall–Kier alpha value is -1.40. The molecule has 5 nitrogen and oxygen atoms in total. The predicted molar refractivity (Wildman–Crippen MR) is 79.6 cm³/mol. The minimum absolute atomic E-state index is 0.203. The van der Waals surface area contributed by atoms with Gasteiger partial charge >= 0.3 is 0 Å². The summed E-state index contributed by atoms with van der Waals surface area (Å²) in [4.78, 5) is 4.23. The van der Waals surface area contributed by atoms with Crippen LogP contribution < -0.4 is 10.1 Å². The SMILES string of the molecule is CCc1nc(COc2cc(Br)ccc2C(C)NC)no1. The fourth-order valence-corrected chi connectivity index (χ4v) is 2.12. The standard InChI is InChI=1S/C14H18BrN3O2/c1-4-14-17-13(18-20-14)8-19-12-7-10(15)5-6-11(12)9(2)16-3/h5-7,9,16H,4,8H2,1-3H3. The van der Waals surface area contributed by atoms with E-state index < -0.39 is 0 Å². The molecule has 20 heavy (non-hydrogen) atoms. The van der Waals surface area contributed by atoms with E-state index in [2.05, 4.69) is 38.3 Å². The van der Waals surface area contributed by atoms with Gasteiger partial charge in [-0.25, -0.2) is 0 Å². The number of hydrogen-bond acceptors (Lipinski definition) is 5. The lowest BCUT2D eigenvalue weighted by atomic mass is 10.1. The van der Waals surface area contributed by atoms with E-state index in [9.17, 15) is 0 Å². The molecule has 2 aromatic rings. The number of halogens is 1. The first-order valence-electron chi connectivity index (χ1n) is 6.55. The highest BCUT2D eigenvalue weighted by molar-refractivity contribution is 9.10. The summed E-state index contributed by atoms with van der Waals surface area (Å²) >= 11 is 3.46. The molecule has 1 aromatic heterocycles. The summed E-state index contributed by atoms with van der Waals surface area (Å²) in [6.45, 7) is 4.35. The Bertz CT molecular complexity index is 571. The van der Waals surface area contributed by atoms with E-state index >= 15 is 0 Å². The summed E-state index contributed by atoms with van der Waals surface area (Å²) in [5, 5.41) is 7.09. The molecule has 0 aliphatic rings. The molecule has 0 spiro atoms. The van der Waals surface area contributed by atoms with Crippen molar-refractivity contribution in [1.82, 2.24) is 15.5 Å². The number of nitrogens with one attached hydrogen (secondary N) is 1. The minimum atomic E-state index is 0.203. The van der Waals surface area contributed by atoms with Crippen LogP contribution >= 0.6 is 15.9 Å². The van der Waals surface area contributed by atoms with E-state index in [4.69, 9.17) is 9.26 Å². The molecule has 1 atom stereocenters. The number of hydrogen-bond donors (Lipinski definition) is 1. The second-order valence-electron chi connectivity index (χ2n) is 4.44. The van der Waals surface area contributed by atoms with Crippen molar-refractivity contribution >= 4 is 15.9 Å². The number of aromatic nitrogens is 2. The van der Waals surface area contributed by atoms with Gasteiger partial charge in [0.1, 0.15) is 5.75 Å². The third-order valence-electron chi connectivity index (χ3n) is 3.04. The Kier molecular flexibility index (Phi) is 5.14. The molecule has 1 heterocycles. The van der Waals surface area contributed by atoms with E-state index in [1.54, 1.807) is 0 Å². The maximum Gasteiger partial charge on any atom is 0.226 e. The second-order valence-corrected chi connectivity index (χ2v) is 5.35. The maximum atomic E-state index is 5.83. The van der Waals surface area contributed by atoms with E-state index in [0.717, 1.165) is 22.2 Å². The molecule has 0 saturated carbocycles. The van der Waals surface area contributed by atoms with Crippen molar-refractivity contribution in [3.63, 3.8) is 0 Å². The molecular formula is C14H18BrN3O2. The van der Waals surface area contributed by atoms with E-state index in [1.165, 1.54) is 0 Å². The molecule has 1 unspecified atom stereocenters. The van der Waals surface area contributed by atoms with Gasteiger partial charge in [0.05, 0.1) is 0 Å². The van der Waals surface area contributed by atoms with Crippen LogP contribution in [0.4, 0.5) is 0 Å². The molecule has 0 saturated heterocycles. The van der Waals surface area contributed by atoms with Gasteiger partial charge in [-0.3, -0.25) is 0 Å². The maximum absolute atomic E-state index is 5.83. The Morgan fingerprint density at radius 3 is 2.90 bits per heavy atom. The van der Waals surface area contributed by atoms with Crippen molar-refractivity contribution in [2.24, 2.45) is 0 Å². The average Bonchev–Trinajstić information content (AvgIpc) is 2.92. The van der Waals surface area contributed by atoms with Crippen molar-refractivity contribution in [1.29, 1.82) is 0 Å². The normalized spacial score (nSPS) is 12.4. The summed E-state index contributed by atoms with van der Waals surface area (Å²) in [6.07, 6.45) is 0.728. The lowest BCUT2D eigenvalue weighted by Crippen LogP contribution is -2.14. The second kappa shape index (κ2) is 6.85. The molecule has 0 radical (unpaired) electrons. The Balaban J connectivity index is 2.13. The zero-order valence-corrected chi connectivity index (χ0v) is 13.4. The first-order chi connectivity index (χ1) is 9.63. The van der Waals surface area contributed by atoms with Crippen LogP contribution in [0.15, 0.2) is 27.2 Å². The van der Waals surface area contributed by atoms with Gasteiger partial charge in [-0.1, -0.05) is 34.1 Å². The largest absolute Gasteiger partial charge is 0.485 e. The number of aryl methyl sites for hydroxylation is 1.